The van der Waals surface area contributed by atoms with E-state index in [2.05, 4.69) is 20.9 Å². The van der Waals surface area contributed by atoms with E-state index in [1.807, 2.05) is 10.8 Å². The van der Waals surface area contributed by atoms with Crippen LogP contribution in [0.1, 0.15) is 5.82 Å². The minimum atomic E-state index is -3.55. The van der Waals surface area contributed by atoms with Gasteiger partial charge in [0.05, 0.1) is 11.4 Å². The third-order valence-electron chi connectivity index (χ3n) is 3.28. The van der Waals surface area contributed by atoms with E-state index in [4.69, 9.17) is 5.73 Å². The van der Waals surface area contributed by atoms with Crippen LogP contribution in [0.4, 0.5) is 5.69 Å². The lowest BCUT2D eigenvalue weighted by molar-refractivity contribution is 0.335. The second kappa shape index (κ2) is 4.87. The fraction of sp³-hybridized carbons (Fsp3) is 0.250. The van der Waals surface area contributed by atoms with Crippen molar-refractivity contribution in [1.82, 2.24) is 13.9 Å². The molecular formula is C12H13BrN4O2S. The van der Waals surface area contributed by atoms with Crippen molar-refractivity contribution in [2.45, 2.75) is 18.0 Å². The van der Waals surface area contributed by atoms with Crippen molar-refractivity contribution >= 4 is 31.6 Å². The molecule has 0 saturated carbocycles. The number of fused-ring (bicyclic) bond motifs is 1. The van der Waals surface area contributed by atoms with Crippen molar-refractivity contribution in [2.75, 3.05) is 12.3 Å². The second-order valence-corrected chi connectivity index (χ2v) is 7.33. The first-order chi connectivity index (χ1) is 9.48. The Morgan fingerprint density at radius 3 is 2.85 bits per heavy atom. The number of benzene rings is 1. The summed E-state index contributed by atoms with van der Waals surface area (Å²) in [5.74, 6) is 0.756. The molecule has 0 radical (unpaired) electrons. The predicted octanol–water partition coefficient (Wildman–Crippen LogP) is 1.43. The van der Waals surface area contributed by atoms with Gasteiger partial charge in [-0.1, -0.05) is 0 Å². The smallest absolute Gasteiger partial charge is 0.244 e. The molecule has 3 rings (SSSR count). The van der Waals surface area contributed by atoms with E-state index in [-0.39, 0.29) is 11.4 Å². The zero-order valence-corrected chi connectivity index (χ0v) is 12.9. The maximum atomic E-state index is 12.7. The number of nitrogen functional groups attached to an aromatic ring is 1. The van der Waals surface area contributed by atoms with E-state index in [0.717, 1.165) is 5.82 Å². The molecule has 0 atom stereocenters. The van der Waals surface area contributed by atoms with Gasteiger partial charge in [0, 0.05) is 35.6 Å². The van der Waals surface area contributed by atoms with Crippen LogP contribution in [0.2, 0.25) is 0 Å². The summed E-state index contributed by atoms with van der Waals surface area (Å²) < 4.78 is 29.2. The molecular weight excluding hydrogens is 344 g/mol. The molecule has 8 heteroatoms. The van der Waals surface area contributed by atoms with E-state index in [1.54, 1.807) is 18.3 Å². The first-order valence-corrected chi connectivity index (χ1v) is 8.27. The Morgan fingerprint density at radius 2 is 2.10 bits per heavy atom. The summed E-state index contributed by atoms with van der Waals surface area (Å²) in [7, 11) is -3.55. The zero-order valence-electron chi connectivity index (χ0n) is 10.5. The highest BCUT2D eigenvalue weighted by molar-refractivity contribution is 9.10. The lowest BCUT2D eigenvalue weighted by atomic mass is 10.3. The van der Waals surface area contributed by atoms with E-state index in [9.17, 15) is 8.42 Å². The second-order valence-electron chi connectivity index (χ2n) is 4.57. The van der Waals surface area contributed by atoms with Gasteiger partial charge in [-0.25, -0.2) is 13.4 Å². The van der Waals surface area contributed by atoms with E-state index in [0.29, 0.717) is 23.2 Å². The third kappa shape index (κ3) is 2.23. The number of halogens is 1. The molecule has 1 aliphatic rings. The number of sulfonamides is 1. The first-order valence-electron chi connectivity index (χ1n) is 6.03. The monoisotopic (exact) mass is 356 g/mol. The molecule has 2 aromatic rings. The van der Waals surface area contributed by atoms with Crippen LogP contribution in [0.5, 0.6) is 0 Å². The predicted molar refractivity (Wildman–Crippen MR) is 78.4 cm³/mol. The van der Waals surface area contributed by atoms with Gasteiger partial charge >= 0.3 is 0 Å². The van der Waals surface area contributed by atoms with Gasteiger partial charge in [-0.15, -0.1) is 0 Å². The van der Waals surface area contributed by atoms with Crippen LogP contribution in [0, 0.1) is 0 Å². The van der Waals surface area contributed by atoms with Gasteiger partial charge in [-0.05, 0) is 34.1 Å². The van der Waals surface area contributed by atoms with Crippen molar-refractivity contribution in [3.63, 3.8) is 0 Å². The highest BCUT2D eigenvalue weighted by Gasteiger charge is 2.30. The molecule has 0 saturated heterocycles. The Balaban J connectivity index is 1.97. The van der Waals surface area contributed by atoms with E-state index < -0.39 is 10.0 Å². The van der Waals surface area contributed by atoms with Gasteiger partial charge in [0.2, 0.25) is 10.0 Å². The number of rotatable bonds is 2. The minimum Gasteiger partial charge on any atom is -0.399 e. The summed E-state index contributed by atoms with van der Waals surface area (Å²) in [6, 6.07) is 4.70. The summed E-state index contributed by atoms with van der Waals surface area (Å²) in [5.41, 5.74) is 6.17. The Kier molecular flexibility index (Phi) is 3.31. The van der Waals surface area contributed by atoms with Gasteiger partial charge in [-0.2, -0.15) is 4.31 Å². The number of aromatic nitrogens is 2. The van der Waals surface area contributed by atoms with E-state index in [1.165, 1.54) is 10.4 Å². The minimum absolute atomic E-state index is 0.228. The topological polar surface area (TPSA) is 81.2 Å². The molecule has 0 aliphatic carbocycles. The quantitative estimate of drug-likeness (QED) is 0.825. The molecule has 106 valence electrons. The number of nitrogens with zero attached hydrogens (tertiary/aromatic N) is 3. The summed E-state index contributed by atoms with van der Waals surface area (Å²) in [6.45, 7) is 1.33. The lowest BCUT2D eigenvalue weighted by Gasteiger charge is -2.27. The van der Waals surface area contributed by atoms with Crippen LogP contribution in [-0.2, 0) is 23.1 Å². The average molecular weight is 357 g/mol. The fourth-order valence-electron chi connectivity index (χ4n) is 2.22. The summed E-state index contributed by atoms with van der Waals surface area (Å²) >= 11 is 3.27. The average Bonchev–Trinajstić information content (AvgIpc) is 2.85. The molecule has 2 N–H and O–H groups in total. The fourth-order valence-corrected chi connectivity index (χ4v) is 4.66. The molecule has 1 aromatic carbocycles. The number of hydrogen-bond acceptors (Lipinski definition) is 4. The SMILES string of the molecule is Nc1ccc(S(=O)(=O)N2CCn3ccnc3C2)c(Br)c1. The number of anilines is 1. The molecule has 6 nitrogen and oxygen atoms in total. The van der Waals surface area contributed by atoms with Gasteiger partial charge < -0.3 is 10.3 Å². The van der Waals surface area contributed by atoms with Crippen molar-refractivity contribution in [1.29, 1.82) is 0 Å². The molecule has 1 aromatic heterocycles. The largest absolute Gasteiger partial charge is 0.399 e. The standard InChI is InChI=1S/C12H13BrN4O2S/c13-10-7-9(14)1-2-11(10)20(18,19)17-6-5-16-4-3-15-12(16)8-17/h1-4,7H,5-6,8,14H2. The maximum absolute atomic E-state index is 12.7. The normalized spacial score (nSPS) is 16.1. The molecule has 2 heterocycles. The first kappa shape index (κ1) is 13.6. The number of hydrogen-bond donors (Lipinski definition) is 1. The van der Waals surface area contributed by atoms with Crippen LogP contribution < -0.4 is 5.73 Å². The maximum Gasteiger partial charge on any atom is 0.244 e. The Morgan fingerprint density at radius 1 is 1.30 bits per heavy atom. The Labute approximate surface area is 125 Å². The molecule has 1 aliphatic heterocycles. The summed E-state index contributed by atoms with van der Waals surface area (Å²) in [6.07, 6.45) is 3.54. The van der Waals surface area contributed by atoms with Crippen LogP contribution in [0.25, 0.3) is 0 Å². The zero-order chi connectivity index (χ0) is 14.3. The van der Waals surface area contributed by atoms with Gasteiger partial charge in [0.15, 0.2) is 0 Å². The lowest BCUT2D eigenvalue weighted by Crippen LogP contribution is -2.38. The molecule has 0 amide bonds. The van der Waals surface area contributed by atoms with Crippen LogP contribution >= 0.6 is 15.9 Å². The Hall–Kier alpha value is -1.38. The number of nitrogens with two attached hydrogens (primary N) is 1. The van der Waals surface area contributed by atoms with E-state index >= 15 is 0 Å². The van der Waals surface area contributed by atoms with Crippen molar-refractivity contribution in [2.24, 2.45) is 0 Å². The van der Waals surface area contributed by atoms with Gasteiger partial charge in [0.25, 0.3) is 0 Å². The molecule has 0 spiro atoms. The molecule has 0 bridgehead atoms. The molecule has 0 unspecified atom stereocenters. The number of imidazole rings is 1. The van der Waals surface area contributed by atoms with Crippen LogP contribution in [-0.4, -0.2) is 28.8 Å². The highest BCUT2D eigenvalue weighted by atomic mass is 79.9. The molecule has 20 heavy (non-hydrogen) atoms. The molecule has 0 fully saturated rings. The van der Waals surface area contributed by atoms with Crippen molar-refractivity contribution < 1.29 is 8.42 Å². The highest BCUT2D eigenvalue weighted by Crippen LogP contribution is 2.28. The van der Waals surface area contributed by atoms with Crippen molar-refractivity contribution in [3.8, 4) is 0 Å². The Bertz CT molecular complexity index is 757. The van der Waals surface area contributed by atoms with Crippen molar-refractivity contribution in [3.05, 3.63) is 40.9 Å². The summed E-state index contributed by atoms with van der Waals surface area (Å²) in [4.78, 5) is 4.40. The third-order valence-corrected chi connectivity index (χ3v) is 6.11. The van der Waals surface area contributed by atoms with Gasteiger partial charge in [-0.3, -0.25) is 0 Å². The van der Waals surface area contributed by atoms with Crippen LogP contribution in [0.3, 0.4) is 0 Å². The van der Waals surface area contributed by atoms with Gasteiger partial charge in [0.1, 0.15) is 5.82 Å². The van der Waals surface area contributed by atoms with Crippen LogP contribution in [0.15, 0.2) is 40.0 Å². The summed E-state index contributed by atoms with van der Waals surface area (Å²) in [5, 5.41) is 0.